The summed E-state index contributed by atoms with van der Waals surface area (Å²) in [5.74, 6) is -1.30. The minimum absolute atomic E-state index is 0.0839. The SMILES string of the molecule is COc1nc(NS(=O)(=O)c2c[nH]c3c(OC)c(Cl)ccc23)c(F)cc1Cl. The van der Waals surface area contributed by atoms with Crippen molar-refractivity contribution in [3.63, 3.8) is 0 Å². The van der Waals surface area contributed by atoms with Gasteiger partial charge in [0.05, 0.1) is 24.8 Å². The van der Waals surface area contributed by atoms with Gasteiger partial charge < -0.3 is 14.5 Å². The molecule has 0 spiro atoms. The van der Waals surface area contributed by atoms with E-state index in [0.717, 1.165) is 6.07 Å². The second-order valence-electron chi connectivity index (χ2n) is 5.07. The van der Waals surface area contributed by atoms with Gasteiger partial charge in [-0.1, -0.05) is 23.2 Å². The Kier molecular flexibility index (Phi) is 4.87. The third-order valence-electron chi connectivity index (χ3n) is 3.54. The van der Waals surface area contributed by atoms with Crippen LogP contribution in [-0.2, 0) is 10.0 Å². The van der Waals surface area contributed by atoms with Crippen LogP contribution in [-0.4, -0.2) is 32.6 Å². The molecule has 138 valence electrons. The monoisotopic (exact) mass is 419 g/mol. The van der Waals surface area contributed by atoms with Gasteiger partial charge in [0.15, 0.2) is 17.4 Å². The average Bonchev–Trinajstić information content (AvgIpc) is 3.02. The highest BCUT2D eigenvalue weighted by atomic mass is 35.5. The molecule has 0 bridgehead atoms. The van der Waals surface area contributed by atoms with Crippen molar-refractivity contribution in [3.8, 4) is 11.6 Å². The van der Waals surface area contributed by atoms with Crippen LogP contribution in [0.5, 0.6) is 11.6 Å². The van der Waals surface area contributed by atoms with Crippen LogP contribution in [0.3, 0.4) is 0 Å². The molecule has 0 radical (unpaired) electrons. The quantitative estimate of drug-likeness (QED) is 0.655. The summed E-state index contributed by atoms with van der Waals surface area (Å²) in [6.07, 6.45) is 1.25. The number of halogens is 3. The first kappa shape index (κ1) is 18.6. The first-order valence-corrected chi connectivity index (χ1v) is 9.28. The molecule has 3 rings (SSSR count). The number of anilines is 1. The largest absolute Gasteiger partial charge is 0.493 e. The Morgan fingerprint density at radius 1 is 1.19 bits per heavy atom. The van der Waals surface area contributed by atoms with Gasteiger partial charge in [0.2, 0.25) is 5.88 Å². The highest BCUT2D eigenvalue weighted by Gasteiger charge is 2.24. The number of aromatic amines is 1. The number of fused-ring (bicyclic) bond motifs is 1. The first-order chi connectivity index (χ1) is 12.3. The van der Waals surface area contributed by atoms with E-state index in [1.807, 2.05) is 0 Å². The van der Waals surface area contributed by atoms with Crippen LogP contribution in [0.4, 0.5) is 10.2 Å². The van der Waals surface area contributed by atoms with Crippen molar-refractivity contribution >= 4 is 49.9 Å². The second-order valence-corrected chi connectivity index (χ2v) is 7.54. The maximum absolute atomic E-state index is 14.0. The lowest BCUT2D eigenvalue weighted by Gasteiger charge is -2.10. The fourth-order valence-electron chi connectivity index (χ4n) is 2.39. The van der Waals surface area contributed by atoms with Gasteiger partial charge in [-0.3, -0.25) is 4.72 Å². The zero-order valence-corrected chi connectivity index (χ0v) is 15.8. The number of nitrogens with one attached hydrogen (secondary N) is 2. The minimum Gasteiger partial charge on any atom is -0.493 e. The number of aromatic nitrogens is 2. The summed E-state index contributed by atoms with van der Waals surface area (Å²) in [6, 6.07) is 3.92. The lowest BCUT2D eigenvalue weighted by atomic mass is 10.2. The highest BCUT2D eigenvalue weighted by Crippen LogP contribution is 2.36. The van der Waals surface area contributed by atoms with Crippen LogP contribution in [0.2, 0.25) is 10.0 Å². The Morgan fingerprint density at radius 3 is 2.58 bits per heavy atom. The van der Waals surface area contributed by atoms with Gasteiger partial charge in [-0.25, -0.2) is 12.8 Å². The van der Waals surface area contributed by atoms with Crippen LogP contribution in [0.1, 0.15) is 0 Å². The van der Waals surface area contributed by atoms with Crippen LogP contribution in [0.15, 0.2) is 29.3 Å². The normalized spacial score (nSPS) is 11.6. The third kappa shape index (κ3) is 3.13. The van der Waals surface area contributed by atoms with Crippen molar-refractivity contribution in [2.45, 2.75) is 4.90 Å². The van der Waals surface area contributed by atoms with Crippen LogP contribution >= 0.6 is 23.2 Å². The van der Waals surface area contributed by atoms with E-state index in [4.69, 9.17) is 32.7 Å². The van der Waals surface area contributed by atoms with Crippen molar-refractivity contribution in [1.82, 2.24) is 9.97 Å². The molecule has 0 saturated heterocycles. The third-order valence-corrected chi connectivity index (χ3v) is 5.49. The van der Waals surface area contributed by atoms with E-state index >= 15 is 0 Å². The van der Waals surface area contributed by atoms with Crippen molar-refractivity contribution in [2.75, 3.05) is 18.9 Å². The van der Waals surface area contributed by atoms with E-state index in [-0.39, 0.29) is 15.8 Å². The molecule has 0 atom stereocenters. The van der Waals surface area contributed by atoms with Crippen molar-refractivity contribution in [1.29, 1.82) is 0 Å². The van der Waals surface area contributed by atoms with Crippen LogP contribution < -0.4 is 14.2 Å². The standard InChI is InChI=1S/C15H12Cl2FN3O4S/c1-24-13-8(16)4-3-7-11(6-19-12(7)13)26(22,23)21-14-10(18)5-9(17)15(20-14)25-2/h3-6,19H,1-2H3,(H,20,21). The molecule has 0 aliphatic rings. The fraction of sp³-hybridized carbons (Fsp3) is 0.133. The smallest absolute Gasteiger partial charge is 0.265 e. The maximum Gasteiger partial charge on any atom is 0.265 e. The number of nitrogens with zero attached hydrogens (tertiary/aromatic N) is 1. The summed E-state index contributed by atoms with van der Waals surface area (Å²) in [4.78, 5) is 6.41. The molecule has 11 heteroatoms. The second kappa shape index (κ2) is 6.82. The molecule has 3 aromatic rings. The van der Waals surface area contributed by atoms with Gasteiger partial charge in [0, 0.05) is 17.6 Å². The summed E-state index contributed by atoms with van der Waals surface area (Å²) < 4.78 is 51.6. The van der Waals surface area contributed by atoms with Gasteiger partial charge in [-0.15, -0.1) is 0 Å². The van der Waals surface area contributed by atoms with E-state index < -0.39 is 21.7 Å². The zero-order chi connectivity index (χ0) is 19.1. The fourth-order valence-corrected chi connectivity index (χ4v) is 4.02. The molecule has 2 aromatic heterocycles. The molecule has 0 unspecified atom stereocenters. The predicted molar refractivity (Wildman–Crippen MR) is 96.4 cm³/mol. The van der Waals surface area contributed by atoms with Gasteiger partial charge in [0.1, 0.15) is 9.92 Å². The van der Waals surface area contributed by atoms with E-state index in [1.165, 1.54) is 32.5 Å². The Balaban J connectivity index is 2.09. The number of hydrogen-bond acceptors (Lipinski definition) is 5. The highest BCUT2D eigenvalue weighted by molar-refractivity contribution is 7.93. The number of H-pyrrole nitrogens is 1. The van der Waals surface area contributed by atoms with E-state index in [0.29, 0.717) is 21.7 Å². The Morgan fingerprint density at radius 2 is 1.92 bits per heavy atom. The van der Waals surface area contributed by atoms with E-state index in [2.05, 4.69) is 14.7 Å². The molecule has 2 heterocycles. The van der Waals surface area contributed by atoms with Gasteiger partial charge in [-0.2, -0.15) is 4.98 Å². The lowest BCUT2D eigenvalue weighted by Crippen LogP contribution is -2.15. The summed E-state index contributed by atoms with van der Waals surface area (Å²) >= 11 is 11.8. The molecule has 0 aliphatic heterocycles. The van der Waals surface area contributed by atoms with Gasteiger partial charge >= 0.3 is 0 Å². The molecular weight excluding hydrogens is 408 g/mol. The number of pyridine rings is 1. The molecule has 26 heavy (non-hydrogen) atoms. The van der Waals surface area contributed by atoms with Gasteiger partial charge in [-0.05, 0) is 12.1 Å². The Hall–Kier alpha value is -2.23. The number of benzene rings is 1. The topological polar surface area (TPSA) is 93.3 Å². The molecular formula is C15H12Cl2FN3O4S. The van der Waals surface area contributed by atoms with E-state index in [9.17, 15) is 12.8 Å². The summed E-state index contributed by atoms with van der Waals surface area (Å²) in [6.45, 7) is 0. The Labute approximate surface area is 158 Å². The molecule has 2 N–H and O–H groups in total. The van der Waals surface area contributed by atoms with Crippen LogP contribution in [0, 0.1) is 5.82 Å². The van der Waals surface area contributed by atoms with Crippen molar-refractivity contribution in [2.24, 2.45) is 0 Å². The zero-order valence-electron chi connectivity index (χ0n) is 13.4. The van der Waals surface area contributed by atoms with Crippen molar-refractivity contribution in [3.05, 3.63) is 40.3 Å². The molecule has 1 aromatic carbocycles. The first-order valence-electron chi connectivity index (χ1n) is 7.05. The predicted octanol–water partition coefficient (Wildman–Crippen LogP) is 3.83. The number of sulfonamides is 1. The van der Waals surface area contributed by atoms with Crippen molar-refractivity contribution < 1.29 is 22.3 Å². The number of methoxy groups -OCH3 is 2. The molecule has 0 saturated carbocycles. The summed E-state index contributed by atoms with van der Waals surface area (Å²) in [5, 5.41) is 0.549. The number of rotatable bonds is 5. The molecule has 0 fully saturated rings. The Bertz CT molecular complexity index is 1100. The number of hydrogen-bond donors (Lipinski definition) is 2. The average molecular weight is 420 g/mol. The van der Waals surface area contributed by atoms with E-state index in [1.54, 1.807) is 0 Å². The molecule has 0 amide bonds. The minimum atomic E-state index is -4.18. The maximum atomic E-state index is 14.0. The lowest BCUT2D eigenvalue weighted by molar-refractivity contribution is 0.397. The molecule has 7 nitrogen and oxygen atoms in total. The van der Waals surface area contributed by atoms with Gasteiger partial charge in [0.25, 0.3) is 10.0 Å². The van der Waals surface area contributed by atoms with Crippen LogP contribution in [0.25, 0.3) is 10.9 Å². The molecule has 0 aliphatic carbocycles. The summed E-state index contributed by atoms with van der Waals surface area (Å²) in [5.41, 5.74) is 0.391. The summed E-state index contributed by atoms with van der Waals surface area (Å²) in [7, 11) is -1.49. The number of ether oxygens (including phenoxy) is 2.